The molecule has 3 aromatic rings. The zero-order chi connectivity index (χ0) is 22.8. The highest BCUT2D eigenvalue weighted by atomic mass is 16.5. The molecule has 3 aromatic carbocycles. The number of benzene rings is 3. The van der Waals surface area contributed by atoms with Crippen LogP contribution in [0.15, 0.2) is 90.1 Å². The Morgan fingerprint density at radius 2 is 1.52 bits per heavy atom. The summed E-state index contributed by atoms with van der Waals surface area (Å²) >= 11 is 0. The van der Waals surface area contributed by atoms with E-state index in [4.69, 9.17) is 9.47 Å². The largest absolute Gasteiger partial charge is 0.497 e. The molecule has 2 aliphatic rings. The summed E-state index contributed by atoms with van der Waals surface area (Å²) in [6.07, 6.45) is 1.32. The molecule has 0 saturated carbocycles. The normalized spacial score (nSPS) is 20.2. The third-order valence-electron chi connectivity index (χ3n) is 6.36. The van der Waals surface area contributed by atoms with Crippen LogP contribution in [0, 0.1) is 0 Å². The number of allylic oxidation sites excluding steroid dienone is 2. The van der Waals surface area contributed by atoms with Crippen LogP contribution in [0.2, 0.25) is 0 Å². The highest BCUT2D eigenvalue weighted by molar-refractivity contribution is 6.02. The molecule has 33 heavy (non-hydrogen) atoms. The van der Waals surface area contributed by atoms with E-state index >= 15 is 0 Å². The summed E-state index contributed by atoms with van der Waals surface area (Å²) in [4.78, 5) is 25.9. The second-order valence-corrected chi connectivity index (χ2v) is 8.49. The fourth-order valence-electron chi connectivity index (χ4n) is 4.78. The maximum Gasteiger partial charge on any atom is 0.225 e. The predicted molar refractivity (Wildman–Crippen MR) is 125 cm³/mol. The van der Waals surface area contributed by atoms with E-state index in [0.717, 1.165) is 33.9 Å². The highest BCUT2D eigenvalue weighted by Crippen LogP contribution is 2.43. The van der Waals surface area contributed by atoms with Gasteiger partial charge in [-0.2, -0.15) is 0 Å². The van der Waals surface area contributed by atoms with E-state index < -0.39 is 0 Å². The standard InChI is InChI=1S/C28H25NO4/c1-32-21-12-10-18(11-13-21)20-15-25-28(26(30)16-20)24(17-27(31)29-25)19-6-5-9-23(14-19)33-22-7-3-2-4-8-22/h2-14,20,24H,15-17H2,1H3,(H,29,31)/t20-,24+/m1/s1. The first-order valence-electron chi connectivity index (χ1n) is 11.1. The summed E-state index contributed by atoms with van der Waals surface area (Å²) < 4.78 is 11.2. The van der Waals surface area contributed by atoms with E-state index in [-0.39, 0.29) is 29.9 Å². The molecule has 5 heteroatoms. The number of hydrogen-bond donors (Lipinski definition) is 1. The van der Waals surface area contributed by atoms with Gasteiger partial charge in [-0.05, 0) is 59.9 Å². The van der Waals surface area contributed by atoms with Crippen molar-refractivity contribution in [1.29, 1.82) is 0 Å². The molecule has 1 N–H and O–H groups in total. The van der Waals surface area contributed by atoms with Crippen molar-refractivity contribution in [3.8, 4) is 17.2 Å². The number of methoxy groups -OCH3 is 1. The third-order valence-corrected chi connectivity index (χ3v) is 6.36. The van der Waals surface area contributed by atoms with Gasteiger partial charge in [0.15, 0.2) is 5.78 Å². The number of Topliss-reactive ketones (excluding diaryl/α,β-unsaturated/α-hetero) is 1. The van der Waals surface area contributed by atoms with E-state index in [0.29, 0.717) is 18.6 Å². The lowest BCUT2D eigenvalue weighted by Crippen LogP contribution is -2.38. The topological polar surface area (TPSA) is 64.6 Å². The van der Waals surface area contributed by atoms with Crippen molar-refractivity contribution >= 4 is 11.7 Å². The molecular weight excluding hydrogens is 414 g/mol. The van der Waals surface area contributed by atoms with Gasteiger partial charge in [-0.15, -0.1) is 0 Å². The Morgan fingerprint density at radius 1 is 0.758 bits per heavy atom. The molecule has 1 aliphatic heterocycles. The van der Waals surface area contributed by atoms with Crippen molar-refractivity contribution in [2.45, 2.75) is 31.1 Å². The summed E-state index contributed by atoms with van der Waals surface area (Å²) in [5.74, 6) is 2.02. The Hall–Kier alpha value is -3.86. The van der Waals surface area contributed by atoms with Crippen molar-refractivity contribution in [3.05, 3.63) is 101 Å². The Bertz CT molecular complexity index is 1210. The number of para-hydroxylation sites is 1. The molecule has 5 rings (SSSR count). The van der Waals surface area contributed by atoms with Crippen LogP contribution in [0.1, 0.15) is 42.2 Å². The fourth-order valence-corrected chi connectivity index (χ4v) is 4.78. The number of carbonyl (C=O) groups is 2. The molecule has 0 spiro atoms. The molecule has 2 atom stereocenters. The van der Waals surface area contributed by atoms with Crippen molar-refractivity contribution < 1.29 is 19.1 Å². The molecule has 0 fully saturated rings. The van der Waals surface area contributed by atoms with Crippen LogP contribution < -0.4 is 14.8 Å². The number of ketones is 1. The summed E-state index contributed by atoms with van der Waals surface area (Å²) in [6.45, 7) is 0. The molecule has 166 valence electrons. The van der Waals surface area contributed by atoms with Gasteiger partial charge in [-0.3, -0.25) is 9.59 Å². The average molecular weight is 440 g/mol. The lowest BCUT2D eigenvalue weighted by atomic mass is 9.73. The molecule has 1 heterocycles. The molecule has 1 amide bonds. The molecular formula is C28H25NO4. The number of nitrogens with one attached hydrogen (secondary N) is 1. The molecule has 1 aliphatic carbocycles. The Morgan fingerprint density at radius 3 is 2.27 bits per heavy atom. The Labute approximate surface area is 193 Å². The first-order chi connectivity index (χ1) is 16.1. The van der Waals surface area contributed by atoms with Crippen LogP contribution in [-0.4, -0.2) is 18.8 Å². The lowest BCUT2D eigenvalue weighted by Gasteiger charge is -2.34. The molecule has 0 radical (unpaired) electrons. The van der Waals surface area contributed by atoms with Crippen molar-refractivity contribution in [1.82, 2.24) is 5.32 Å². The van der Waals surface area contributed by atoms with Crippen LogP contribution >= 0.6 is 0 Å². The minimum Gasteiger partial charge on any atom is -0.497 e. The summed E-state index contributed by atoms with van der Waals surface area (Å²) in [7, 11) is 1.63. The minimum atomic E-state index is -0.266. The number of carbonyl (C=O) groups excluding carboxylic acids is 2. The van der Waals surface area contributed by atoms with E-state index in [9.17, 15) is 9.59 Å². The minimum absolute atomic E-state index is 0.0361. The zero-order valence-corrected chi connectivity index (χ0v) is 18.4. The number of amides is 1. The average Bonchev–Trinajstić information content (AvgIpc) is 2.84. The van der Waals surface area contributed by atoms with Crippen molar-refractivity contribution in [2.75, 3.05) is 7.11 Å². The third kappa shape index (κ3) is 4.40. The Kier molecular flexibility index (Phi) is 5.69. The molecule has 5 nitrogen and oxygen atoms in total. The second kappa shape index (κ2) is 8.94. The van der Waals surface area contributed by atoms with Crippen molar-refractivity contribution in [2.24, 2.45) is 0 Å². The smallest absolute Gasteiger partial charge is 0.225 e. The molecule has 0 aromatic heterocycles. The van der Waals surface area contributed by atoms with E-state index in [1.165, 1.54) is 0 Å². The van der Waals surface area contributed by atoms with Gasteiger partial charge in [0.1, 0.15) is 17.2 Å². The fraction of sp³-hybridized carbons (Fsp3) is 0.214. The molecule has 0 bridgehead atoms. The first-order valence-corrected chi connectivity index (χ1v) is 11.1. The van der Waals surface area contributed by atoms with Gasteiger partial charge in [0.25, 0.3) is 0 Å². The quantitative estimate of drug-likeness (QED) is 0.571. The van der Waals surface area contributed by atoms with Crippen LogP contribution in [0.4, 0.5) is 0 Å². The van der Waals surface area contributed by atoms with Crippen molar-refractivity contribution in [3.63, 3.8) is 0 Å². The Balaban J connectivity index is 1.44. The van der Waals surface area contributed by atoms with E-state index in [2.05, 4.69) is 5.32 Å². The molecule has 0 unspecified atom stereocenters. The number of ether oxygens (including phenoxy) is 2. The zero-order valence-electron chi connectivity index (χ0n) is 18.4. The van der Waals surface area contributed by atoms with Crippen LogP contribution in [0.25, 0.3) is 0 Å². The predicted octanol–water partition coefficient (Wildman–Crippen LogP) is 5.49. The van der Waals surface area contributed by atoms with Gasteiger partial charge in [-0.1, -0.05) is 42.5 Å². The van der Waals surface area contributed by atoms with Gasteiger partial charge in [0, 0.05) is 30.0 Å². The van der Waals surface area contributed by atoms with Gasteiger partial charge in [-0.25, -0.2) is 0 Å². The number of rotatable bonds is 5. The van der Waals surface area contributed by atoms with Crippen LogP contribution in [0.3, 0.4) is 0 Å². The van der Waals surface area contributed by atoms with Gasteiger partial charge in [0.2, 0.25) is 5.91 Å². The maximum atomic E-state index is 13.3. The monoisotopic (exact) mass is 439 g/mol. The van der Waals surface area contributed by atoms with Crippen LogP contribution in [0.5, 0.6) is 17.2 Å². The summed E-state index contributed by atoms with van der Waals surface area (Å²) in [6, 6.07) is 25.1. The summed E-state index contributed by atoms with van der Waals surface area (Å²) in [5.41, 5.74) is 3.48. The van der Waals surface area contributed by atoms with Gasteiger partial charge < -0.3 is 14.8 Å². The van der Waals surface area contributed by atoms with Crippen LogP contribution in [-0.2, 0) is 9.59 Å². The lowest BCUT2D eigenvalue weighted by molar-refractivity contribution is -0.122. The highest BCUT2D eigenvalue weighted by Gasteiger charge is 2.38. The number of hydrogen-bond acceptors (Lipinski definition) is 4. The summed E-state index contributed by atoms with van der Waals surface area (Å²) in [5, 5.41) is 2.99. The van der Waals surface area contributed by atoms with E-state index in [1.807, 2.05) is 78.9 Å². The van der Waals surface area contributed by atoms with Gasteiger partial charge >= 0.3 is 0 Å². The van der Waals surface area contributed by atoms with Gasteiger partial charge in [0.05, 0.1) is 7.11 Å². The second-order valence-electron chi connectivity index (χ2n) is 8.49. The first kappa shape index (κ1) is 21.0. The SMILES string of the molecule is COc1ccc([C@H]2CC(=O)C3=C(C2)NC(=O)C[C@H]3c2cccc(Oc3ccccc3)c2)cc1. The van der Waals surface area contributed by atoms with E-state index in [1.54, 1.807) is 7.11 Å². The molecule has 0 saturated heterocycles. The maximum absolute atomic E-state index is 13.3.